The number of benzene rings is 1. The minimum absolute atomic E-state index is 0.500. The molecule has 0 unspecified atom stereocenters. The van der Waals surface area contributed by atoms with Crippen LogP contribution in [0.2, 0.25) is 0 Å². The number of halogens is 2. The topological polar surface area (TPSA) is 9.23 Å². The minimum atomic E-state index is 0.500. The van der Waals surface area contributed by atoms with Gasteiger partial charge in [-0.05, 0) is 18.2 Å². The molecule has 0 radical (unpaired) electrons. The van der Waals surface area contributed by atoms with Crippen LogP contribution in [0.25, 0.3) is 10.1 Å². The third-order valence-electron chi connectivity index (χ3n) is 2.00. The molecule has 1 aromatic carbocycles. The highest BCUT2D eigenvalue weighted by molar-refractivity contribution is 9.10. The Morgan fingerprint density at radius 1 is 1.50 bits per heavy atom. The molecular weight excluding hydrogens is 284 g/mol. The van der Waals surface area contributed by atoms with Crippen LogP contribution in [-0.4, -0.2) is 7.11 Å². The van der Waals surface area contributed by atoms with Gasteiger partial charge < -0.3 is 4.74 Å². The van der Waals surface area contributed by atoms with Crippen molar-refractivity contribution in [2.75, 3.05) is 7.11 Å². The molecule has 1 aromatic heterocycles. The van der Waals surface area contributed by atoms with Crippen molar-refractivity contribution >= 4 is 49.0 Å². The van der Waals surface area contributed by atoms with Gasteiger partial charge in [0.05, 0.1) is 17.9 Å². The maximum absolute atomic E-state index is 5.84. The molecule has 74 valence electrons. The molecule has 0 amide bonds. The maximum atomic E-state index is 5.84. The molecule has 1 heterocycles. The fourth-order valence-electron chi connectivity index (χ4n) is 1.41. The normalized spacial score (nSPS) is 10.8. The van der Waals surface area contributed by atoms with Gasteiger partial charge in [0, 0.05) is 14.6 Å². The van der Waals surface area contributed by atoms with Crippen molar-refractivity contribution < 1.29 is 4.74 Å². The van der Waals surface area contributed by atoms with Gasteiger partial charge in [-0.3, -0.25) is 0 Å². The molecule has 0 spiro atoms. The molecule has 0 fully saturated rings. The molecule has 0 aliphatic carbocycles. The predicted molar refractivity (Wildman–Crippen MR) is 65.6 cm³/mol. The summed E-state index contributed by atoms with van der Waals surface area (Å²) < 4.78 is 7.62. The van der Waals surface area contributed by atoms with Crippen LogP contribution in [0.4, 0.5) is 0 Å². The van der Waals surface area contributed by atoms with Crippen LogP contribution in [0.15, 0.2) is 22.7 Å². The van der Waals surface area contributed by atoms with E-state index in [0.29, 0.717) is 5.88 Å². The average Bonchev–Trinajstić information content (AvgIpc) is 2.54. The summed E-state index contributed by atoms with van der Waals surface area (Å²) in [4.78, 5) is 1.09. The number of fused-ring (bicyclic) bond motifs is 1. The second kappa shape index (κ2) is 4.09. The van der Waals surface area contributed by atoms with E-state index in [1.165, 1.54) is 4.70 Å². The molecule has 0 bridgehead atoms. The summed E-state index contributed by atoms with van der Waals surface area (Å²) in [7, 11) is 1.68. The van der Waals surface area contributed by atoms with Crippen LogP contribution in [0.1, 0.15) is 4.88 Å². The lowest BCUT2D eigenvalue weighted by Crippen LogP contribution is -1.83. The Morgan fingerprint density at radius 2 is 2.29 bits per heavy atom. The number of hydrogen-bond acceptors (Lipinski definition) is 2. The molecule has 0 N–H and O–H groups in total. The first-order valence-corrected chi connectivity index (χ1v) is 6.21. The third kappa shape index (κ3) is 1.64. The number of ether oxygens (including phenoxy) is 1. The first-order chi connectivity index (χ1) is 6.76. The fraction of sp³-hybridized carbons (Fsp3) is 0.200. The molecule has 14 heavy (non-hydrogen) atoms. The summed E-state index contributed by atoms with van der Waals surface area (Å²) in [6.45, 7) is 0. The molecule has 0 saturated carbocycles. The van der Waals surface area contributed by atoms with E-state index in [2.05, 4.69) is 28.1 Å². The lowest BCUT2D eigenvalue weighted by atomic mass is 10.2. The smallest absolute Gasteiger partial charge is 0.141 e. The monoisotopic (exact) mass is 290 g/mol. The maximum Gasteiger partial charge on any atom is 0.141 e. The van der Waals surface area contributed by atoms with Gasteiger partial charge in [-0.15, -0.1) is 22.9 Å². The van der Waals surface area contributed by atoms with Crippen molar-refractivity contribution in [3.8, 4) is 5.75 Å². The molecule has 0 aliphatic heterocycles. The first kappa shape index (κ1) is 10.3. The van der Waals surface area contributed by atoms with E-state index in [0.717, 1.165) is 20.5 Å². The van der Waals surface area contributed by atoms with E-state index in [1.54, 1.807) is 18.4 Å². The van der Waals surface area contributed by atoms with E-state index in [9.17, 15) is 0 Å². The zero-order chi connectivity index (χ0) is 10.1. The molecule has 4 heteroatoms. The number of thiophene rings is 1. The van der Waals surface area contributed by atoms with Gasteiger partial charge in [-0.2, -0.15) is 0 Å². The second-order valence-corrected chi connectivity index (χ2v) is 5.15. The van der Waals surface area contributed by atoms with Gasteiger partial charge in [0.25, 0.3) is 0 Å². The van der Waals surface area contributed by atoms with E-state index < -0.39 is 0 Å². The Balaban J connectivity index is 2.74. The van der Waals surface area contributed by atoms with Gasteiger partial charge in [-0.1, -0.05) is 15.9 Å². The number of hydrogen-bond donors (Lipinski definition) is 0. The van der Waals surface area contributed by atoms with Crippen LogP contribution in [0.5, 0.6) is 5.75 Å². The average molecular weight is 292 g/mol. The first-order valence-electron chi connectivity index (χ1n) is 4.07. The highest BCUT2D eigenvalue weighted by atomic mass is 79.9. The molecule has 0 atom stereocenters. The largest absolute Gasteiger partial charge is 0.495 e. The lowest BCUT2D eigenvalue weighted by molar-refractivity contribution is 0.418. The van der Waals surface area contributed by atoms with Crippen LogP contribution >= 0.6 is 38.9 Å². The zero-order valence-electron chi connectivity index (χ0n) is 7.51. The van der Waals surface area contributed by atoms with E-state index >= 15 is 0 Å². The molecule has 2 aromatic rings. The summed E-state index contributed by atoms with van der Waals surface area (Å²) in [6.07, 6.45) is 0. The molecule has 2 rings (SSSR count). The van der Waals surface area contributed by atoms with Crippen molar-refractivity contribution in [2.45, 2.75) is 5.88 Å². The Morgan fingerprint density at radius 3 is 2.93 bits per heavy atom. The summed E-state index contributed by atoms with van der Waals surface area (Å²) in [6, 6.07) is 6.15. The molecule has 0 aliphatic rings. The van der Waals surface area contributed by atoms with Gasteiger partial charge in [-0.25, -0.2) is 0 Å². The number of alkyl halides is 1. The SMILES string of the molecule is COc1c(CCl)sc2ccc(Br)cc12. The van der Waals surface area contributed by atoms with E-state index in [4.69, 9.17) is 16.3 Å². The van der Waals surface area contributed by atoms with Crippen LogP contribution in [0.3, 0.4) is 0 Å². The van der Waals surface area contributed by atoms with Crippen molar-refractivity contribution in [3.63, 3.8) is 0 Å². The summed E-state index contributed by atoms with van der Waals surface area (Å²) in [5.74, 6) is 1.40. The van der Waals surface area contributed by atoms with Crippen molar-refractivity contribution in [2.24, 2.45) is 0 Å². The highest BCUT2D eigenvalue weighted by Gasteiger charge is 2.11. The lowest BCUT2D eigenvalue weighted by Gasteiger charge is -1.99. The Bertz CT molecular complexity index is 466. The van der Waals surface area contributed by atoms with Gasteiger partial charge in [0.15, 0.2) is 0 Å². The van der Waals surface area contributed by atoms with Crippen LogP contribution < -0.4 is 4.74 Å². The Kier molecular flexibility index (Phi) is 3.00. The zero-order valence-corrected chi connectivity index (χ0v) is 10.7. The Hall–Kier alpha value is -0.250. The summed E-state index contributed by atoms with van der Waals surface area (Å²) in [5.41, 5.74) is 0. The summed E-state index contributed by atoms with van der Waals surface area (Å²) in [5, 5.41) is 1.13. The van der Waals surface area contributed by atoms with Gasteiger partial charge >= 0.3 is 0 Å². The quantitative estimate of drug-likeness (QED) is 0.745. The Labute approximate surface area is 99.8 Å². The minimum Gasteiger partial charge on any atom is -0.495 e. The van der Waals surface area contributed by atoms with Crippen LogP contribution in [-0.2, 0) is 5.88 Å². The summed E-state index contributed by atoms with van der Waals surface area (Å²) >= 11 is 11.0. The molecule has 1 nitrogen and oxygen atoms in total. The molecule has 0 saturated heterocycles. The number of methoxy groups -OCH3 is 1. The van der Waals surface area contributed by atoms with Crippen molar-refractivity contribution in [1.82, 2.24) is 0 Å². The van der Waals surface area contributed by atoms with Gasteiger partial charge in [0.1, 0.15) is 5.75 Å². The van der Waals surface area contributed by atoms with Crippen LogP contribution in [0, 0.1) is 0 Å². The van der Waals surface area contributed by atoms with Crippen molar-refractivity contribution in [1.29, 1.82) is 0 Å². The van der Waals surface area contributed by atoms with E-state index in [1.807, 2.05) is 6.07 Å². The van der Waals surface area contributed by atoms with Crippen molar-refractivity contribution in [3.05, 3.63) is 27.5 Å². The highest BCUT2D eigenvalue weighted by Crippen LogP contribution is 2.39. The third-order valence-corrected chi connectivity index (χ3v) is 4.07. The predicted octanol–water partition coefficient (Wildman–Crippen LogP) is 4.41. The van der Waals surface area contributed by atoms with Gasteiger partial charge in [0.2, 0.25) is 0 Å². The molecular formula is C10H8BrClOS. The second-order valence-electron chi connectivity index (χ2n) is 2.83. The standard InChI is InChI=1S/C10H8BrClOS/c1-13-10-7-4-6(11)2-3-8(7)14-9(10)5-12/h2-4H,5H2,1H3. The van der Waals surface area contributed by atoms with E-state index in [-0.39, 0.29) is 0 Å². The fourth-order valence-corrected chi connectivity index (χ4v) is 3.06. The number of rotatable bonds is 2.